The van der Waals surface area contributed by atoms with E-state index in [0.29, 0.717) is 0 Å². The SMILES string of the molecule is CCCc1cccc2c3c([nH]c12)CCN(C)C3. The van der Waals surface area contributed by atoms with Crippen molar-refractivity contribution in [2.45, 2.75) is 32.7 Å². The molecule has 0 bridgehead atoms. The van der Waals surface area contributed by atoms with E-state index < -0.39 is 0 Å². The van der Waals surface area contributed by atoms with E-state index in [9.17, 15) is 0 Å². The summed E-state index contributed by atoms with van der Waals surface area (Å²) in [4.78, 5) is 6.07. The van der Waals surface area contributed by atoms with Gasteiger partial charge in [0, 0.05) is 36.1 Å². The van der Waals surface area contributed by atoms with Gasteiger partial charge in [0.1, 0.15) is 0 Å². The molecule has 2 heteroatoms. The predicted molar refractivity (Wildman–Crippen MR) is 72.3 cm³/mol. The number of para-hydroxylation sites is 1. The van der Waals surface area contributed by atoms with Crippen LogP contribution in [0.2, 0.25) is 0 Å². The van der Waals surface area contributed by atoms with E-state index in [0.717, 1.165) is 13.0 Å². The van der Waals surface area contributed by atoms with Gasteiger partial charge in [0.25, 0.3) is 0 Å². The van der Waals surface area contributed by atoms with Gasteiger partial charge in [-0.05, 0) is 24.6 Å². The highest BCUT2D eigenvalue weighted by atomic mass is 15.1. The standard InChI is InChI=1S/C15H20N2/c1-3-5-11-6-4-7-12-13-10-17(2)9-8-14(13)16-15(11)12/h4,6-7,16H,3,5,8-10H2,1-2H3. The van der Waals surface area contributed by atoms with Crippen LogP contribution in [0.4, 0.5) is 0 Å². The lowest BCUT2D eigenvalue weighted by Gasteiger charge is -2.22. The molecule has 1 aromatic carbocycles. The molecule has 0 saturated carbocycles. The van der Waals surface area contributed by atoms with Gasteiger partial charge in [0.2, 0.25) is 0 Å². The zero-order valence-electron chi connectivity index (χ0n) is 10.7. The Morgan fingerprint density at radius 3 is 3.06 bits per heavy atom. The van der Waals surface area contributed by atoms with Crippen LogP contribution in [0.1, 0.15) is 30.2 Å². The lowest BCUT2D eigenvalue weighted by molar-refractivity contribution is 0.313. The van der Waals surface area contributed by atoms with Crippen LogP contribution in [0.15, 0.2) is 18.2 Å². The number of rotatable bonds is 2. The quantitative estimate of drug-likeness (QED) is 0.836. The maximum atomic E-state index is 3.66. The number of hydrogen-bond acceptors (Lipinski definition) is 1. The smallest absolute Gasteiger partial charge is 0.0492 e. The maximum absolute atomic E-state index is 3.66. The molecule has 0 aliphatic carbocycles. The van der Waals surface area contributed by atoms with E-state index in [1.165, 1.54) is 47.1 Å². The monoisotopic (exact) mass is 228 g/mol. The van der Waals surface area contributed by atoms with Crippen LogP contribution in [0.25, 0.3) is 10.9 Å². The minimum absolute atomic E-state index is 1.09. The van der Waals surface area contributed by atoms with Gasteiger partial charge in [0.15, 0.2) is 0 Å². The van der Waals surface area contributed by atoms with Crippen molar-refractivity contribution in [3.63, 3.8) is 0 Å². The summed E-state index contributed by atoms with van der Waals surface area (Å²) >= 11 is 0. The second kappa shape index (κ2) is 4.19. The van der Waals surface area contributed by atoms with Crippen molar-refractivity contribution in [2.75, 3.05) is 13.6 Å². The van der Waals surface area contributed by atoms with Crippen LogP contribution in [-0.4, -0.2) is 23.5 Å². The topological polar surface area (TPSA) is 19.0 Å². The number of nitrogens with zero attached hydrogens (tertiary/aromatic N) is 1. The molecule has 1 aromatic heterocycles. The van der Waals surface area contributed by atoms with Crippen LogP contribution >= 0.6 is 0 Å². The zero-order valence-corrected chi connectivity index (χ0v) is 10.7. The van der Waals surface area contributed by atoms with Gasteiger partial charge in [-0.1, -0.05) is 31.5 Å². The molecule has 2 nitrogen and oxygen atoms in total. The van der Waals surface area contributed by atoms with Crippen molar-refractivity contribution in [3.05, 3.63) is 35.0 Å². The minimum Gasteiger partial charge on any atom is -0.358 e. The van der Waals surface area contributed by atoms with Gasteiger partial charge in [-0.2, -0.15) is 0 Å². The second-order valence-electron chi connectivity index (χ2n) is 5.16. The lowest BCUT2D eigenvalue weighted by Crippen LogP contribution is -2.25. The van der Waals surface area contributed by atoms with Crippen LogP contribution in [-0.2, 0) is 19.4 Å². The number of aromatic nitrogens is 1. The average molecular weight is 228 g/mol. The summed E-state index contributed by atoms with van der Waals surface area (Å²) in [5, 5.41) is 1.44. The number of fused-ring (bicyclic) bond motifs is 3. The molecule has 90 valence electrons. The summed E-state index contributed by atoms with van der Waals surface area (Å²) in [5.41, 5.74) is 5.84. The van der Waals surface area contributed by atoms with Gasteiger partial charge in [0.05, 0.1) is 0 Å². The van der Waals surface area contributed by atoms with E-state index in [2.05, 4.69) is 42.1 Å². The van der Waals surface area contributed by atoms with Gasteiger partial charge < -0.3 is 9.88 Å². The van der Waals surface area contributed by atoms with E-state index >= 15 is 0 Å². The molecule has 0 fully saturated rings. The largest absolute Gasteiger partial charge is 0.358 e. The first-order valence-electron chi connectivity index (χ1n) is 6.59. The van der Waals surface area contributed by atoms with E-state index in [4.69, 9.17) is 0 Å². The lowest BCUT2D eigenvalue weighted by atomic mass is 10.0. The van der Waals surface area contributed by atoms with E-state index in [-0.39, 0.29) is 0 Å². The summed E-state index contributed by atoms with van der Waals surface area (Å²) in [5.74, 6) is 0. The molecule has 0 saturated heterocycles. The summed E-state index contributed by atoms with van der Waals surface area (Å²) in [6.45, 7) is 4.50. The Hall–Kier alpha value is -1.28. The Balaban J connectivity index is 2.17. The fourth-order valence-electron chi connectivity index (χ4n) is 2.91. The van der Waals surface area contributed by atoms with Crippen molar-refractivity contribution < 1.29 is 0 Å². The molecule has 1 aliphatic heterocycles. The van der Waals surface area contributed by atoms with Crippen LogP contribution in [0, 0.1) is 0 Å². The summed E-state index contributed by atoms with van der Waals surface area (Å²) in [7, 11) is 2.21. The Morgan fingerprint density at radius 1 is 1.35 bits per heavy atom. The Morgan fingerprint density at radius 2 is 2.24 bits per heavy atom. The van der Waals surface area contributed by atoms with Crippen molar-refractivity contribution in [1.82, 2.24) is 9.88 Å². The fourth-order valence-corrected chi connectivity index (χ4v) is 2.91. The summed E-state index contributed by atoms with van der Waals surface area (Å²) < 4.78 is 0. The number of aromatic amines is 1. The molecule has 3 rings (SSSR count). The molecule has 2 heterocycles. The maximum Gasteiger partial charge on any atom is 0.0492 e. The third-order valence-corrected chi connectivity index (χ3v) is 3.81. The molecule has 2 aromatic rings. The molecule has 0 amide bonds. The van der Waals surface area contributed by atoms with Gasteiger partial charge in [-0.3, -0.25) is 0 Å². The Labute approximate surface area is 103 Å². The van der Waals surface area contributed by atoms with Gasteiger partial charge in [-0.25, -0.2) is 0 Å². The molecule has 0 unspecified atom stereocenters. The van der Waals surface area contributed by atoms with Crippen LogP contribution in [0.5, 0.6) is 0 Å². The number of benzene rings is 1. The van der Waals surface area contributed by atoms with Crippen molar-refractivity contribution in [3.8, 4) is 0 Å². The molecule has 0 atom stereocenters. The molecular formula is C15H20N2. The molecule has 17 heavy (non-hydrogen) atoms. The minimum atomic E-state index is 1.09. The average Bonchev–Trinajstić information content (AvgIpc) is 2.69. The molecule has 0 radical (unpaired) electrons. The van der Waals surface area contributed by atoms with Gasteiger partial charge in [-0.15, -0.1) is 0 Å². The first kappa shape index (κ1) is 10.8. The third kappa shape index (κ3) is 1.77. The van der Waals surface area contributed by atoms with Crippen molar-refractivity contribution in [2.24, 2.45) is 0 Å². The predicted octanol–water partition coefficient (Wildman–Crippen LogP) is 3.11. The highest BCUT2D eigenvalue weighted by Crippen LogP contribution is 2.29. The van der Waals surface area contributed by atoms with Crippen LogP contribution < -0.4 is 0 Å². The number of nitrogens with one attached hydrogen (secondary N) is 1. The summed E-state index contributed by atoms with van der Waals surface area (Å²) in [6.07, 6.45) is 3.54. The summed E-state index contributed by atoms with van der Waals surface area (Å²) in [6, 6.07) is 6.73. The van der Waals surface area contributed by atoms with E-state index in [1.807, 2.05) is 0 Å². The molecular weight excluding hydrogens is 208 g/mol. The first-order chi connectivity index (χ1) is 8.29. The van der Waals surface area contributed by atoms with Crippen LogP contribution in [0.3, 0.4) is 0 Å². The first-order valence-corrected chi connectivity index (χ1v) is 6.59. The highest BCUT2D eigenvalue weighted by molar-refractivity contribution is 5.87. The second-order valence-corrected chi connectivity index (χ2v) is 5.16. The number of hydrogen-bond donors (Lipinski definition) is 1. The van der Waals surface area contributed by atoms with E-state index in [1.54, 1.807) is 0 Å². The Bertz CT molecular complexity index is 539. The number of H-pyrrole nitrogens is 1. The van der Waals surface area contributed by atoms with Crippen molar-refractivity contribution >= 4 is 10.9 Å². The molecule has 1 N–H and O–H groups in total. The zero-order chi connectivity index (χ0) is 11.8. The van der Waals surface area contributed by atoms with Gasteiger partial charge >= 0.3 is 0 Å². The molecule has 0 spiro atoms. The molecule has 1 aliphatic rings. The normalized spacial score (nSPS) is 16.4. The number of likely N-dealkylation sites (N-methyl/N-ethyl adjacent to an activating group) is 1. The fraction of sp³-hybridized carbons (Fsp3) is 0.467. The van der Waals surface area contributed by atoms with Crippen molar-refractivity contribution in [1.29, 1.82) is 0 Å². The Kier molecular flexibility index (Phi) is 2.67. The highest BCUT2D eigenvalue weighted by Gasteiger charge is 2.18. The number of aryl methyl sites for hydroxylation is 1. The third-order valence-electron chi connectivity index (χ3n) is 3.81.